The SMILES string of the molecule is COc1cc(C=c2sc3nc(-c4ccc(F)cc4)nn3c2=O)ccc1OC(C)=O. The van der Waals surface area contributed by atoms with Crippen molar-refractivity contribution in [2.45, 2.75) is 6.92 Å². The summed E-state index contributed by atoms with van der Waals surface area (Å²) >= 11 is 1.19. The first-order chi connectivity index (χ1) is 13.9. The summed E-state index contributed by atoms with van der Waals surface area (Å²) in [4.78, 5) is 28.6. The van der Waals surface area contributed by atoms with Crippen molar-refractivity contribution in [2.24, 2.45) is 0 Å². The summed E-state index contributed by atoms with van der Waals surface area (Å²) in [6, 6.07) is 10.7. The zero-order valence-corrected chi connectivity index (χ0v) is 16.2. The molecule has 7 nitrogen and oxygen atoms in total. The Morgan fingerprint density at radius 2 is 1.93 bits per heavy atom. The molecule has 0 aliphatic rings. The summed E-state index contributed by atoms with van der Waals surface area (Å²) in [7, 11) is 1.46. The van der Waals surface area contributed by atoms with Crippen molar-refractivity contribution in [1.29, 1.82) is 0 Å². The molecule has 9 heteroatoms. The number of fused-ring (bicyclic) bond motifs is 1. The number of carbonyl (C=O) groups excluding carboxylic acids is 1. The van der Waals surface area contributed by atoms with Gasteiger partial charge < -0.3 is 9.47 Å². The van der Waals surface area contributed by atoms with Gasteiger partial charge in [-0.05, 0) is 48.0 Å². The van der Waals surface area contributed by atoms with Crippen LogP contribution >= 0.6 is 11.3 Å². The molecule has 0 saturated heterocycles. The van der Waals surface area contributed by atoms with Gasteiger partial charge in [0.15, 0.2) is 17.3 Å². The van der Waals surface area contributed by atoms with Crippen LogP contribution in [0, 0.1) is 5.82 Å². The third kappa shape index (κ3) is 3.72. The van der Waals surface area contributed by atoms with Gasteiger partial charge in [-0.1, -0.05) is 17.4 Å². The highest BCUT2D eigenvalue weighted by molar-refractivity contribution is 7.15. The Morgan fingerprint density at radius 3 is 2.59 bits per heavy atom. The van der Waals surface area contributed by atoms with E-state index in [-0.39, 0.29) is 11.4 Å². The number of esters is 1. The van der Waals surface area contributed by atoms with Crippen LogP contribution in [-0.2, 0) is 4.79 Å². The average Bonchev–Trinajstić information content (AvgIpc) is 3.23. The van der Waals surface area contributed by atoms with Crippen molar-refractivity contribution in [2.75, 3.05) is 7.11 Å². The Kier molecular flexibility index (Phi) is 4.81. The highest BCUT2D eigenvalue weighted by Gasteiger charge is 2.13. The van der Waals surface area contributed by atoms with Crippen molar-refractivity contribution in [3.8, 4) is 22.9 Å². The van der Waals surface area contributed by atoms with Gasteiger partial charge in [0.05, 0.1) is 11.6 Å². The van der Waals surface area contributed by atoms with Gasteiger partial charge in [0.25, 0.3) is 5.56 Å². The molecule has 2 heterocycles. The van der Waals surface area contributed by atoms with Gasteiger partial charge in [-0.15, -0.1) is 5.10 Å². The lowest BCUT2D eigenvalue weighted by Gasteiger charge is -2.08. The second kappa shape index (κ2) is 7.44. The van der Waals surface area contributed by atoms with E-state index in [1.54, 1.807) is 36.4 Å². The van der Waals surface area contributed by atoms with Crippen molar-refractivity contribution in [3.63, 3.8) is 0 Å². The highest BCUT2D eigenvalue weighted by Crippen LogP contribution is 2.28. The number of thiazole rings is 1. The topological polar surface area (TPSA) is 82.8 Å². The van der Waals surface area contributed by atoms with E-state index >= 15 is 0 Å². The number of carbonyl (C=O) groups is 1. The number of aromatic nitrogens is 3. The molecule has 29 heavy (non-hydrogen) atoms. The summed E-state index contributed by atoms with van der Waals surface area (Å²) in [5.41, 5.74) is 1.00. The minimum atomic E-state index is -0.454. The number of rotatable bonds is 4. The summed E-state index contributed by atoms with van der Waals surface area (Å²) in [6.45, 7) is 1.30. The van der Waals surface area contributed by atoms with E-state index in [0.29, 0.717) is 37.9 Å². The van der Waals surface area contributed by atoms with Crippen LogP contribution in [0.3, 0.4) is 0 Å². The van der Waals surface area contributed by atoms with Crippen LogP contribution in [-0.4, -0.2) is 27.7 Å². The molecular weight excluding hydrogens is 397 g/mol. The molecular formula is C20H14FN3O4S. The van der Waals surface area contributed by atoms with E-state index < -0.39 is 5.97 Å². The first kappa shape index (κ1) is 18.8. The molecule has 0 N–H and O–H groups in total. The molecule has 2 aromatic carbocycles. The maximum absolute atomic E-state index is 13.1. The zero-order chi connectivity index (χ0) is 20.5. The van der Waals surface area contributed by atoms with E-state index in [1.807, 2.05) is 0 Å². The van der Waals surface area contributed by atoms with Crippen LogP contribution in [0.1, 0.15) is 12.5 Å². The molecule has 0 aliphatic carbocycles. The van der Waals surface area contributed by atoms with Gasteiger partial charge in [-0.25, -0.2) is 4.39 Å². The summed E-state index contributed by atoms with van der Waals surface area (Å²) in [6.07, 6.45) is 1.68. The first-order valence-corrected chi connectivity index (χ1v) is 9.30. The number of ether oxygens (including phenoxy) is 2. The number of nitrogens with zero attached hydrogens (tertiary/aromatic N) is 3. The lowest BCUT2D eigenvalue weighted by atomic mass is 10.2. The van der Waals surface area contributed by atoms with Gasteiger partial charge >= 0.3 is 5.97 Å². The number of methoxy groups -OCH3 is 1. The Morgan fingerprint density at radius 1 is 1.17 bits per heavy atom. The number of hydrogen-bond acceptors (Lipinski definition) is 7. The first-order valence-electron chi connectivity index (χ1n) is 8.48. The molecule has 0 radical (unpaired) electrons. The molecule has 0 unspecified atom stereocenters. The third-order valence-corrected chi connectivity index (χ3v) is 4.98. The number of benzene rings is 2. The van der Waals surface area contributed by atoms with Crippen LogP contribution in [0.25, 0.3) is 22.4 Å². The van der Waals surface area contributed by atoms with E-state index in [2.05, 4.69) is 10.1 Å². The fraction of sp³-hybridized carbons (Fsp3) is 0.100. The normalized spacial score (nSPS) is 11.8. The van der Waals surface area contributed by atoms with Crippen LogP contribution in [0.5, 0.6) is 11.5 Å². The fourth-order valence-corrected chi connectivity index (χ4v) is 3.63. The minimum absolute atomic E-state index is 0.297. The highest BCUT2D eigenvalue weighted by atomic mass is 32.1. The summed E-state index contributed by atoms with van der Waals surface area (Å²) in [5, 5.41) is 4.23. The molecule has 2 aromatic heterocycles. The largest absolute Gasteiger partial charge is 0.493 e. The minimum Gasteiger partial charge on any atom is -0.493 e. The molecule has 146 valence electrons. The summed E-state index contributed by atoms with van der Waals surface area (Å²) in [5.74, 6) is 0.216. The van der Waals surface area contributed by atoms with Crippen molar-refractivity contribution >= 4 is 28.3 Å². The summed E-state index contributed by atoms with van der Waals surface area (Å²) < 4.78 is 25.1. The molecule has 0 saturated carbocycles. The maximum Gasteiger partial charge on any atom is 0.308 e. The number of halogens is 1. The predicted octanol–water partition coefficient (Wildman–Crippen LogP) is 2.44. The molecule has 0 aliphatic heterocycles. The average molecular weight is 411 g/mol. The molecule has 0 spiro atoms. The van der Waals surface area contributed by atoms with E-state index in [0.717, 1.165) is 0 Å². The fourth-order valence-electron chi connectivity index (χ4n) is 2.72. The predicted molar refractivity (Wildman–Crippen MR) is 106 cm³/mol. The van der Waals surface area contributed by atoms with Gasteiger partial charge in [0.1, 0.15) is 5.82 Å². The van der Waals surface area contributed by atoms with Crippen molar-refractivity contribution < 1.29 is 18.7 Å². The van der Waals surface area contributed by atoms with Gasteiger partial charge in [-0.2, -0.15) is 9.50 Å². The van der Waals surface area contributed by atoms with E-state index in [1.165, 1.54) is 42.0 Å². The monoisotopic (exact) mass is 411 g/mol. The lowest BCUT2D eigenvalue weighted by molar-refractivity contribution is -0.132. The van der Waals surface area contributed by atoms with E-state index in [4.69, 9.17) is 9.47 Å². The van der Waals surface area contributed by atoms with Crippen LogP contribution in [0.2, 0.25) is 0 Å². The molecule has 0 atom stereocenters. The quantitative estimate of drug-likeness (QED) is 0.379. The Hall–Kier alpha value is -3.59. The van der Waals surface area contributed by atoms with Gasteiger partial charge in [0.2, 0.25) is 4.96 Å². The Labute approximate surface area is 167 Å². The molecule has 4 aromatic rings. The van der Waals surface area contributed by atoms with Crippen LogP contribution < -0.4 is 19.6 Å². The smallest absolute Gasteiger partial charge is 0.308 e. The second-order valence-electron chi connectivity index (χ2n) is 6.06. The van der Waals surface area contributed by atoms with E-state index in [9.17, 15) is 14.0 Å². The van der Waals surface area contributed by atoms with Crippen LogP contribution in [0.4, 0.5) is 4.39 Å². The third-order valence-electron chi connectivity index (χ3n) is 4.02. The second-order valence-corrected chi connectivity index (χ2v) is 7.07. The molecule has 0 fully saturated rings. The Balaban J connectivity index is 1.73. The van der Waals surface area contributed by atoms with Crippen LogP contribution in [0.15, 0.2) is 47.3 Å². The Bertz CT molecular complexity index is 1330. The lowest BCUT2D eigenvalue weighted by Crippen LogP contribution is -2.23. The molecule has 0 amide bonds. The molecule has 4 rings (SSSR count). The number of hydrogen-bond donors (Lipinski definition) is 0. The van der Waals surface area contributed by atoms with Gasteiger partial charge in [-0.3, -0.25) is 9.59 Å². The van der Waals surface area contributed by atoms with Gasteiger partial charge in [0, 0.05) is 12.5 Å². The standard InChI is InChI=1S/C20H14FN3O4S/c1-11(25)28-15-8-3-12(9-16(15)27-2)10-17-19(26)24-20(29-17)22-18(23-24)13-4-6-14(21)7-5-13/h3-10H,1-2H3. The zero-order valence-electron chi connectivity index (χ0n) is 15.4. The maximum atomic E-state index is 13.1. The van der Waals surface area contributed by atoms with Crippen molar-refractivity contribution in [1.82, 2.24) is 14.6 Å². The van der Waals surface area contributed by atoms with Crippen molar-refractivity contribution in [3.05, 3.63) is 68.7 Å². The molecule has 0 bridgehead atoms.